The molecule has 29 heavy (non-hydrogen) atoms. The van der Waals surface area contributed by atoms with E-state index in [2.05, 4.69) is 4.90 Å². The van der Waals surface area contributed by atoms with Crippen LogP contribution < -0.4 is 0 Å². The summed E-state index contributed by atoms with van der Waals surface area (Å²) in [5.74, 6) is -0.223. The minimum atomic E-state index is -0.717. The Hall–Kier alpha value is -2.03. The van der Waals surface area contributed by atoms with Crippen LogP contribution in [0.2, 0.25) is 0 Å². The maximum Gasteiger partial charge on any atom is 0.327 e. The van der Waals surface area contributed by atoms with E-state index in [-0.39, 0.29) is 30.0 Å². The highest BCUT2D eigenvalue weighted by Gasteiger charge is 2.55. The van der Waals surface area contributed by atoms with E-state index in [1.165, 1.54) is 17.0 Å². The first kappa shape index (κ1) is 20.3. The Bertz CT molecular complexity index is 758. The summed E-state index contributed by atoms with van der Waals surface area (Å²) in [6.45, 7) is 3.42. The average molecular weight is 405 g/mol. The van der Waals surface area contributed by atoms with Crippen LogP contribution in [-0.4, -0.2) is 85.4 Å². The highest BCUT2D eigenvalue weighted by Crippen LogP contribution is 2.36. The molecular weight excluding hydrogens is 377 g/mol. The molecule has 0 bridgehead atoms. The minimum Gasteiger partial charge on any atom is -0.350 e. The number of benzene rings is 1. The van der Waals surface area contributed by atoms with E-state index in [4.69, 9.17) is 9.47 Å². The van der Waals surface area contributed by atoms with Crippen LogP contribution >= 0.6 is 0 Å². The monoisotopic (exact) mass is 405 g/mol. The number of hydrogen-bond donors (Lipinski definition) is 0. The molecule has 1 aromatic carbocycles. The van der Waals surface area contributed by atoms with Gasteiger partial charge >= 0.3 is 6.03 Å². The predicted molar refractivity (Wildman–Crippen MR) is 104 cm³/mol. The number of likely N-dealkylation sites (N-methyl/N-ethyl adjacent to an activating group) is 2. The van der Waals surface area contributed by atoms with E-state index >= 15 is 0 Å². The van der Waals surface area contributed by atoms with E-state index in [9.17, 15) is 14.0 Å². The first-order valence-corrected chi connectivity index (χ1v) is 10.2. The normalized spacial score (nSPS) is 24.1. The molecule has 1 aromatic rings. The zero-order chi connectivity index (χ0) is 20.6. The number of urea groups is 1. The summed E-state index contributed by atoms with van der Waals surface area (Å²) in [7, 11) is 3.27. The molecule has 1 unspecified atom stereocenters. The quantitative estimate of drug-likeness (QED) is 0.702. The molecule has 3 aliphatic rings. The van der Waals surface area contributed by atoms with E-state index in [0.717, 1.165) is 25.2 Å². The minimum absolute atomic E-state index is 0.104. The van der Waals surface area contributed by atoms with Crippen molar-refractivity contribution in [2.45, 2.75) is 37.0 Å². The Kier molecular flexibility index (Phi) is 5.59. The van der Waals surface area contributed by atoms with Crippen LogP contribution in [0.5, 0.6) is 0 Å². The van der Waals surface area contributed by atoms with Crippen molar-refractivity contribution in [3.05, 3.63) is 35.6 Å². The summed E-state index contributed by atoms with van der Waals surface area (Å²) >= 11 is 0. The van der Waals surface area contributed by atoms with Crippen LogP contribution in [0.3, 0.4) is 0 Å². The average Bonchev–Trinajstić information content (AvgIpc) is 3.29. The highest BCUT2D eigenvalue weighted by atomic mass is 19.1. The molecule has 8 heteroatoms. The van der Waals surface area contributed by atoms with Gasteiger partial charge in [0.25, 0.3) is 5.91 Å². The van der Waals surface area contributed by atoms with Crippen molar-refractivity contribution in [2.24, 2.45) is 0 Å². The lowest BCUT2D eigenvalue weighted by molar-refractivity contribution is -0.134. The van der Waals surface area contributed by atoms with E-state index < -0.39 is 5.54 Å². The van der Waals surface area contributed by atoms with Crippen molar-refractivity contribution in [3.8, 4) is 0 Å². The van der Waals surface area contributed by atoms with Crippen LogP contribution in [0.1, 0.15) is 30.7 Å². The molecule has 3 aliphatic heterocycles. The maximum atomic E-state index is 13.4. The number of imide groups is 1. The van der Waals surface area contributed by atoms with Gasteiger partial charge in [-0.25, -0.2) is 9.18 Å². The second-order valence-corrected chi connectivity index (χ2v) is 8.19. The molecule has 0 radical (unpaired) electrons. The van der Waals surface area contributed by atoms with Crippen molar-refractivity contribution in [2.75, 3.05) is 46.9 Å². The highest BCUT2D eigenvalue weighted by molar-refractivity contribution is 6.06. The summed E-state index contributed by atoms with van der Waals surface area (Å²) in [6, 6.07) is 6.38. The van der Waals surface area contributed by atoms with Gasteiger partial charge in [-0.1, -0.05) is 12.1 Å². The van der Waals surface area contributed by atoms with Crippen molar-refractivity contribution in [3.63, 3.8) is 0 Å². The van der Waals surface area contributed by atoms with Gasteiger partial charge in [-0.05, 0) is 30.5 Å². The molecule has 158 valence electrons. The fraction of sp³-hybridized carbons (Fsp3) is 0.619. The molecule has 3 amide bonds. The number of carbonyl (C=O) groups is 2. The van der Waals surface area contributed by atoms with Gasteiger partial charge in [0.2, 0.25) is 0 Å². The van der Waals surface area contributed by atoms with Gasteiger partial charge in [0.1, 0.15) is 11.4 Å². The lowest BCUT2D eigenvalue weighted by Crippen LogP contribution is -2.55. The number of nitrogens with zero attached hydrogens (tertiary/aromatic N) is 3. The van der Waals surface area contributed by atoms with Crippen molar-refractivity contribution >= 4 is 11.9 Å². The van der Waals surface area contributed by atoms with Gasteiger partial charge in [-0.3, -0.25) is 9.69 Å². The molecule has 3 heterocycles. The Morgan fingerprint density at radius 3 is 2.28 bits per heavy atom. The molecule has 1 atom stereocenters. The third kappa shape index (κ3) is 3.76. The van der Waals surface area contributed by atoms with Gasteiger partial charge in [0.05, 0.1) is 13.2 Å². The van der Waals surface area contributed by atoms with E-state index in [0.29, 0.717) is 32.5 Å². The Morgan fingerprint density at radius 1 is 1.10 bits per heavy atom. The first-order chi connectivity index (χ1) is 13.9. The molecule has 3 fully saturated rings. The number of likely N-dealkylation sites (tertiary alicyclic amines) is 1. The number of rotatable bonds is 5. The Balaban J connectivity index is 1.44. The first-order valence-electron chi connectivity index (χ1n) is 10.2. The third-order valence-corrected chi connectivity index (χ3v) is 6.59. The van der Waals surface area contributed by atoms with Crippen molar-refractivity contribution in [1.29, 1.82) is 0 Å². The molecule has 4 rings (SSSR count). The van der Waals surface area contributed by atoms with E-state index in [1.54, 1.807) is 19.0 Å². The third-order valence-electron chi connectivity index (χ3n) is 6.59. The predicted octanol–water partition coefficient (Wildman–Crippen LogP) is 2.03. The summed E-state index contributed by atoms with van der Waals surface area (Å²) < 4.78 is 24.7. The molecular formula is C21H28FN3O4. The molecule has 0 saturated carbocycles. The molecule has 3 saturated heterocycles. The molecule has 1 spiro atoms. The number of halogens is 1. The van der Waals surface area contributed by atoms with Crippen molar-refractivity contribution < 1.29 is 23.5 Å². The van der Waals surface area contributed by atoms with Crippen LogP contribution in [0.15, 0.2) is 24.3 Å². The number of piperidine rings is 1. The standard InChI is InChI=1S/C21H28FN3O4/c1-23-19(26)21(24(2)20(23)27)7-9-25(10-8-21)14-16(13-18-28-11-12-29-18)15-3-5-17(22)6-4-15/h3-6,16,18H,7-14H2,1-2H3. The van der Waals surface area contributed by atoms with Crippen LogP contribution in [-0.2, 0) is 14.3 Å². The smallest absolute Gasteiger partial charge is 0.327 e. The maximum absolute atomic E-state index is 13.4. The van der Waals surface area contributed by atoms with Crippen molar-refractivity contribution in [1.82, 2.24) is 14.7 Å². The lowest BCUT2D eigenvalue weighted by Gasteiger charge is -2.42. The topological polar surface area (TPSA) is 62.3 Å². The van der Waals surface area contributed by atoms with Crippen LogP contribution in [0.25, 0.3) is 0 Å². The van der Waals surface area contributed by atoms with E-state index in [1.807, 2.05) is 12.1 Å². The number of hydrogen-bond acceptors (Lipinski definition) is 5. The summed E-state index contributed by atoms with van der Waals surface area (Å²) in [4.78, 5) is 30.1. The summed E-state index contributed by atoms with van der Waals surface area (Å²) in [5, 5.41) is 0. The van der Waals surface area contributed by atoms with Gasteiger partial charge < -0.3 is 19.3 Å². The number of carbonyl (C=O) groups excluding carboxylic acids is 2. The fourth-order valence-corrected chi connectivity index (χ4v) is 4.74. The number of amides is 3. The second-order valence-electron chi connectivity index (χ2n) is 8.19. The Morgan fingerprint density at radius 2 is 1.72 bits per heavy atom. The van der Waals surface area contributed by atoms with Gasteiger partial charge in [0, 0.05) is 46.1 Å². The molecule has 0 N–H and O–H groups in total. The second kappa shape index (κ2) is 8.01. The molecule has 7 nitrogen and oxygen atoms in total. The van der Waals surface area contributed by atoms with Gasteiger partial charge in [0.15, 0.2) is 6.29 Å². The summed E-state index contributed by atoms with van der Waals surface area (Å²) in [6.07, 6.45) is 1.69. The van der Waals surface area contributed by atoms with Gasteiger partial charge in [-0.15, -0.1) is 0 Å². The zero-order valence-electron chi connectivity index (χ0n) is 17.0. The van der Waals surface area contributed by atoms with Gasteiger partial charge in [-0.2, -0.15) is 0 Å². The van der Waals surface area contributed by atoms with Crippen LogP contribution in [0, 0.1) is 5.82 Å². The van der Waals surface area contributed by atoms with Crippen LogP contribution in [0.4, 0.5) is 9.18 Å². The number of ether oxygens (including phenoxy) is 2. The lowest BCUT2D eigenvalue weighted by atomic mass is 9.85. The zero-order valence-corrected chi connectivity index (χ0v) is 17.0. The SMILES string of the molecule is CN1C(=O)N(C)C2(CCN(CC(CC3OCCO3)c3ccc(F)cc3)CC2)C1=O. The fourth-order valence-electron chi connectivity index (χ4n) is 4.74. The molecule has 0 aromatic heterocycles. The Labute approximate surface area is 170 Å². The largest absolute Gasteiger partial charge is 0.350 e. The molecule has 0 aliphatic carbocycles. The summed E-state index contributed by atoms with van der Waals surface area (Å²) in [5.41, 5.74) is 0.334.